The summed E-state index contributed by atoms with van der Waals surface area (Å²) in [6.07, 6.45) is 4.60. The first-order valence-electron chi connectivity index (χ1n) is 5.94. The maximum Gasteiger partial charge on any atom is 0.309 e. The second-order valence-electron chi connectivity index (χ2n) is 4.51. The second-order valence-corrected chi connectivity index (χ2v) is 6.44. The van der Waals surface area contributed by atoms with E-state index in [4.69, 9.17) is 0 Å². The Morgan fingerprint density at radius 3 is 2.80 bits per heavy atom. The number of aromatic amines is 1. The summed E-state index contributed by atoms with van der Waals surface area (Å²) >= 11 is 0. The molecule has 1 aromatic carbocycles. The van der Waals surface area contributed by atoms with Gasteiger partial charge in [0.1, 0.15) is 0 Å². The summed E-state index contributed by atoms with van der Waals surface area (Å²) in [4.78, 5) is 14.3. The molecule has 0 atom stereocenters. The monoisotopic (exact) mass is 293 g/mol. The summed E-state index contributed by atoms with van der Waals surface area (Å²) < 4.78 is 26.9. The molecule has 2 rings (SSSR count). The lowest BCUT2D eigenvalue weighted by Crippen LogP contribution is -2.04. The van der Waals surface area contributed by atoms with Gasteiger partial charge in [-0.25, -0.2) is 8.42 Å². The summed E-state index contributed by atoms with van der Waals surface area (Å²) in [5.74, 6) is -0.312. The van der Waals surface area contributed by atoms with Gasteiger partial charge >= 0.3 is 5.97 Å². The van der Waals surface area contributed by atoms with Crippen molar-refractivity contribution < 1.29 is 17.9 Å². The largest absolute Gasteiger partial charge is 0.469 e. The zero-order valence-electron chi connectivity index (χ0n) is 11.2. The van der Waals surface area contributed by atoms with Gasteiger partial charge in [-0.15, -0.1) is 0 Å². The van der Waals surface area contributed by atoms with Crippen LogP contribution in [0.3, 0.4) is 0 Å². The highest BCUT2D eigenvalue weighted by molar-refractivity contribution is 7.93. The Morgan fingerprint density at radius 1 is 1.40 bits per heavy atom. The zero-order chi connectivity index (χ0) is 14.8. The minimum atomic E-state index is -3.17. The lowest BCUT2D eigenvalue weighted by molar-refractivity contribution is -0.139. The number of fused-ring (bicyclic) bond motifs is 1. The summed E-state index contributed by atoms with van der Waals surface area (Å²) in [5.41, 5.74) is 2.46. The van der Waals surface area contributed by atoms with Crippen LogP contribution in [0.25, 0.3) is 17.0 Å². The molecular formula is C14H15NO4S. The normalized spacial score (nSPS) is 12.1. The number of hydrogen-bond donors (Lipinski definition) is 1. The van der Waals surface area contributed by atoms with Crippen LogP contribution in [0.2, 0.25) is 0 Å². The van der Waals surface area contributed by atoms with Crippen LogP contribution >= 0.6 is 0 Å². The quantitative estimate of drug-likeness (QED) is 0.873. The Morgan fingerprint density at radius 2 is 2.15 bits per heavy atom. The van der Waals surface area contributed by atoms with Crippen LogP contribution in [0.5, 0.6) is 0 Å². The van der Waals surface area contributed by atoms with Crippen LogP contribution in [0.15, 0.2) is 29.8 Å². The van der Waals surface area contributed by atoms with Crippen molar-refractivity contribution in [3.63, 3.8) is 0 Å². The zero-order valence-corrected chi connectivity index (χ0v) is 12.0. The van der Waals surface area contributed by atoms with Crippen molar-refractivity contribution >= 4 is 32.8 Å². The first-order chi connectivity index (χ1) is 9.39. The van der Waals surface area contributed by atoms with E-state index in [1.165, 1.54) is 13.2 Å². The SMILES string of the molecule is COC(=O)Cc1ccc2[nH]cc(C=CS(C)(=O)=O)c2c1. The number of carbonyl (C=O) groups is 1. The predicted molar refractivity (Wildman–Crippen MR) is 77.9 cm³/mol. The van der Waals surface area contributed by atoms with Gasteiger partial charge in [0, 0.05) is 34.3 Å². The Balaban J connectivity index is 2.40. The van der Waals surface area contributed by atoms with E-state index in [2.05, 4.69) is 9.72 Å². The van der Waals surface area contributed by atoms with Gasteiger partial charge in [0.25, 0.3) is 0 Å². The Hall–Kier alpha value is -2.08. The van der Waals surface area contributed by atoms with Crippen molar-refractivity contribution in [2.45, 2.75) is 6.42 Å². The molecule has 0 aliphatic rings. The third-order valence-electron chi connectivity index (χ3n) is 2.85. The molecule has 0 bridgehead atoms. The Bertz CT molecular complexity index is 772. The van der Waals surface area contributed by atoms with Crippen LogP contribution in [0, 0.1) is 0 Å². The van der Waals surface area contributed by atoms with Crippen LogP contribution < -0.4 is 0 Å². The molecule has 0 unspecified atom stereocenters. The summed E-state index contributed by atoms with van der Waals surface area (Å²) in [5, 5.41) is 2.02. The molecule has 0 fully saturated rings. The van der Waals surface area contributed by atoms with E-state index in [1.807, 2.05) is 18.2 Å². The number of carbonyl (C=O) groups excluding carboxylic acids is 1. The van der Waals surface area contributed by atoms with Crippen molar-refractivity contribution in [3.05, 3.63) is 40.9 Å². The molecule has 5 nitrogen and oxygen atoms in total. The topological polar surface area (TPSA) is 76.2 Å². The third kappa shape index (κ3) is 3.48. The fraction of sp³-hybridized carbons (Fsp3) is 0.214. The number of aromatic nitrogens is 1. The third-order valence-corrected chi connectivity index (χ3v) is 3.48. The minimum Gasteiger partial charge on any atom is -0.469 e. The number of nitrogens with one attached hydrogen (secondary N) is 1. The summed E-state index contributed by atoms with van der Waals surface area (Å²) in [6, 6.07) is 5.54. The molecule has 106 valence electrons. The highest BCUT2D eigenvalue weighted by Crippen LogP contribution is 2.21. The van der Waals surface area contributed by atoms with Crippen molar-refractivity contribution in [2.24, 2.45) is 0 Å². The number of esters is 1. The summed E-state index contributed by atoms with van der Waals surface area (Å²) in [6.45, 7) is 0. The van der Waals surface area contributed by atoms with E-state index in [0.29, 0.717) is 0 Å². The number of hydrogen-bond acceptors (Lipinski definition) is 4. The predicted octanol–water partition coefficient (Wildman–Crippen LogP) is 1.90. The van der Waals surface area contributed by atoms with E-state index < -0.39 is 9.84 Å². The van der Waals surface area contributed by atoms with Crippen LogP contribution in [0.1, 0.15) is 11.1 Å². The number of rotatable bonds is 4. The number of benzene rings is 1. The maximum atomic E-state index is 11.3. The maximum absolute atomic E-state index is 11.3. The van der Waals surface area contributed by atoms with E-state index in [-0.39, 0.29) is 12.4 Å². The highest BCUT2D eigenvalue weighted by atomic mass is 32.2. The van der Waals surface area contributed by atoms with Crippen LogP contribution in [0.4, 0.5) is 0 Å². The van der Waals surface area contributed by atoms with Crippen LogP contribution in [-0.2, 0) is 25.8 Å². The van der Waals surface area contributed by atoms with E-state index in [1.54, 1.807) is 6.20 Å². The average Bonchev–Trinajstić information content (AvgIpc) is 2.78. The number of ether oxygens (including phenoxy) is 1. The highest BCUT2D eigenvalue weighted by Gasteiger charge is 2.07. The molecule has 0 spiro atoms. The van der Waals surface area contributed by atoms with E-state index in [0.717, 1.165) is 33.7 Å². The van der Waals surface area contributed by atoms with Gasteiger partial charge in [-0.1, -0.05) is 6.07 Å². The molecule has 1 N–H and O–H groups in total. The van der Waals surface area contributed by atoms with Crippen molar-refractivity contribution in [1.82, 2.24) is 4.98 Å². The molecule has 0 aliphatic carbocycles. The molecule has 1 heterocycles. The van der Waals surface area contributed by atoms with Crippen molar-refractivity contribution in [3.8, 4) is 0 Å². The fourth-order valence-electron chi connectivity index (χ4n) is 1.87. The number of methoxy groups -OCH3 is 1. The molecule has 0 saturated heterocycles. The van der Waals surface area contributed by atoms with Crippen molar-refractivity contribution in [2.75, 3.05) is 13.4 Å². The first kappa shape index (κ1) is 14.3. The molecule has 0 aliphatic heterocycles. The van der Waals surface area contributed by atoms with Gasteiger partial charge in [-0.2, -0.15) is 0 Å². The lowest BCUT2D eigenvalue weighted by Gasteiger charge is -2.01. The first-order valence-corrected chi connectivity index (χ1v) is 7.89. The van der Waals surface area contributed by atoms with Crippen LogP contribution in [-0.4, -0.2) is 32.7 Å². The second kappa shape index (κ2) is 5.50. The van der Waals surface area contributed by atoms with Gasteiger partial charge in [0.05, 0.1) is 13.5 Å². The molecular weight excluding hydrogens is 278 g/mol. The Kier molecular flexibility index (Phi) is 3.94. The van der Waals surface area contributed by atoms with Gasteiger partial charge in [-0.05, 0) is 23.8 Å². The molecule has 0 amide bonds. The molecule has 0 saturated carbocycles. The number of H-pyrrole nitrogens is 1. The van der Waals surface area contributed by atoms with Crippen molar-refractivity contribution in [1.29, 1.82) is 0 Å². The fourth-order valence-corrected chi connectivity index (χ4v) is 2.27. The van der Waals surface area contributed by atoms with Gasteiger partial charge in [0.15, 0.2) is 9.84 Å². The molecule has 20 heavy (non-hydrogen) atoms. The molecule has 0 radical (unpaired) electrons. The van der Waals surface area contributed by atoms with E-state index >= 15 is 0 Å². The molecule has 2 aromatic rings. The van der Waals surface area contributed by atoms with E-state index in [9.17, 15) is 13.2 Å². The standard InChI is InChI=1S/C14H15NO4S/c1-19-14(16)8-10-3-4-13-12(7-10)11(9-15-13)5-6-20(2,17)18/h3-7,9,15H,8H2,1-2H3. The van der Waals surface area contributed by atoms with Gasteiger partial charge in [0.2, 0.25) is 0 Å². The minimum absolute atomic E-state index is 0.187. The van der Waals surface area contributed by atoms with Gasteiger partial charge < -0.3 is 9.72 Å². The molecule has 6 heteroatoms. The summed E-state index contributed by atoms with van der Waals surface area (Å²) in [7, 11) is -1.83. The average molecular weight is 293 g/mol. The lowest BCUT2D eigenvalue weighted by atomic mass is 10.1. The Labute approximate surface area is 117 Å². The smallest absolute Gasteiger partial charge is 0.309 e. The van der Waals surface area contributed by atoms with Gasteiger partial charge in [-0.3, -0.25) is 4.79 Å². The molecule has 1 aromatic heterocycles. The number of sulfone groups is 1.